The lowest BCUT2D eigenvalue weighted by molar-refractivity contribution is 0.0268. The third-order valence-corrected chi connectivity index (χ3v) is 4.23. The number of guanidine groups is 1. The number of anilines is 1. The second-order valence-corrected chi connectivity index (χ2v) is 7.06. The molecule has 0 saturated carbocycles. The molecule has 0 spiro atoms. The van der Waals surface area contributed by atoms with Gasteiger partial charge in [0.1, 0.15) is 5.82 Å². The van der Waals surface area contributed by atoms with Gasteiger partial charge in [0.05, 0.1) is 17.7 Å². The molecule has 1 aromatic heterocycles. The zero-order valence-corrected chi connectivity index (χ0v) is 19.5. The zero-order valence-electron chi connectivity index (χ0n) is 17.2. The number of hydrogen-bond donors (Lipinski definition) is 2. The van der Waals surface area contributed by atoms with Crippen molar-refractivity contribution in [2.24, 2.45) is 4.99 Å². The number of hydrogen-bond acceptors (Lipinski definition) is 4. The molecule has 1 heterocycles. The van der Waals surface area contributed by atoms with Crippen LogP contribution in [0.25, 0.3) is 10.9 Å². The van der Waals surface area contributed by atoms with Crippen LogP contribution in [-0.4, -0.2) is 50.8 Å². The zero-order chi connectivity index (χ0) is 19.2. The van der Waals surface area contributed by atoms with Crippen LogP contribution in [0.15, 0.2) is 35.3 Å². The summed E-state index contributed by atoms with van der Waals surface area (Å²) in [5.41, 5.74) is 1.89. The fourth-order valence-electron chi connectivity index (χ4n) is 2.47. The normalized spacial score (nSPS) is 11.9. The number of nitrogens with one attached hydrogen (secondary N) is 2. The van der Waals surface area contributed by atoms with Crippen LogP contribution in [0, 0.1) is 0 Å². The number of halogens is 1. The molecule has 0 atom stereocenters. The van der Waals surface area contributed by atoms with Crippen LogP contribution in [0.3, 0.4) is 0 Å². The van der Waals surface area contributed by atoms with Crippen LogP contribution in [0.1, 0.15) is 26.3 Å². The largest absolute Gasteiger partial charge is 0.377 e. The van der Waals surface area contributed by atoms with E-state index < -0.39 is 0 Å². The molecule has 0 fully saturated rings. The fourth-order valence-corrected chi connectivity index (χ4v) is 2.47. The van der Waals surface area contributed by atoms with Crippen LogP contribution in [-0.2, 0) is 11.3 Å². The molecular weight excluding hydrogens is 453 g/mol. The van der Waals surface area contributed by atoms with E-state index in [-0.39, 0.29) is 29.6 Å². The summed E-state index contributed by atoms with van der Waals surface area (Å²) >= 11 is 0. The van der Waals surface area contributed by atoms with Gasteiger partial charge in [0.25, 0.3) is 0 Å². The number of fused-ring (bicyclic) bond motifs is 1. The first-order valence-electron chi connectivity index (χ1n) is 8.99. The Balaban J connectivity index is 0.00000364. The second-order valence-electron chi connectivity index (χ2n) is 7.06. The van der Waals surface area contributed by atoms with E-state index in [1.54, 1.807) is 7.11 Å². The van der Waals surface area contributed by atoms with Crippen molar-refractivity contribution in [3.05, 3.63) is 35.9 Å². The van der Waals surface area contributed by atoms with Gasteiger partial charge in [0.15, 0.2) is 5.96 Å². The van der Waals surface area contributed by atoms with Crippen molar-refractivity contribution in [2.75, 3.05) is 39.2 Å². The van der Waals surface area contributed by atoms with E-state index in [1.165, 1.54) is 0 Å². The van der Waals surface area contributed by atoms with Crippen molar-refractivity contribution < 1.29 is 4.74 Å². The smallest absolute Gasteiger partial charge is 0.191 e. The Hall–Kier alpha value is -1.61. The number of benzene rings is 1. The molecule has 0 aliphatic rings. The summed E-state index contributed by atoms with van der Waals surface area (Å²) < 4.78 is 5.47. The number of para-hydroxylation sites is 1. The number of nitrogens with zero attached hydrogens (tertiary/aromatic N) is 3. The minimum absolute atomic E-state index is 0. The maximum Gasteiger partial charge on any atom is 0.191 e. The van der Waals surface area contributed by atoms with Crippen LogP contribution in [0.4, 0.5) is 5.82 Å². The first kappa shape index (κ1) is 23.4. The fraction of sp³-hybridized carbons (Fsp3) is 0.500. The second kappa shape index (κ2) is 10.7. The Morgan fingerprint density at radius 3 is 2.56 bits per heavy atom. The number of rotatable bonds is 7. The predicted molar refractivity (Wildman–Crippen MR) is 125 cm³/mol. The van der Waals surface area contributed by atoms with Crippen molar-refractivity contribution in [3.63, 3.8) is 0 Å². The van der Waals surface area contributed by atoms with Gasteiger partial charge in [-0.05, 0) is 38.5 Å². The molecule has 150 valence electrons. The number of methoxy groups -OCH3 is 1. The van der Waals surface area contributed by atoms with Gasteiger partial charge in [-0.1, -0.05) is 18.2 Å². The van der Waals surface area contributed by atoms with Crippen LogP contribution in [0.2, 0.25) is 0 Å². The Morgan fingerprint density at radius 2 is 1.93 bits per heavy atom. The number of aromatic nitrogens is 1. The average Bonchev–Trinajstić information content (AvgIpc) is 2.63. The van der Waals surface area contributed by atoms with Gasteiger partial charge in [-0.2, -0.15) is 0 Å². The summed E-state index contributed by atoms with van der Waals surface area (Å²) in [6.45, 7) is 8.21. The molecule has 0 unspecified atom stereocenters. The highest BCUT2D eigenvalue weighted by atomic mass is 127. The first-order valence-corrected chi connectivity index (χ1v) is 8.99. The monoisotopic (exact) mass is 485 g/mol. The lowest BCUT2D eigenvalue weighted by Gasteiger charge is -2.24. The number of aliphatic imine (C=N–C) groups is 1. The molecule has 27 heavy (non-hydrogen) atoms. The molecule has 0 amide bonds. The summed E-state index contributed by atoms with van der Waals surface area (Å²) in [6.07, 6.45) is 0. The van der Waals surface area contributed by atoms with E-state index in [4.69, 9.17) is 14.7 Å². The molecule has 0 saturated heterocycles. The highest BCUT2D eigenvalue weighted by molar-refractivity contribution is 14.0. The van der Waals surface area contributed by atoms with Gasteiger partial charge in [0.2, 0.25) is 0 Å². The van der Waals surface area contributed by atoms with Gasteiger partial charge < -0.3 is 20.3 Å². The van der Waals surface area contributed by atoms with E-state index in [2.05, 4.69) is 29.7 Å². The highest BCUT2D eigenvalue weighted by Gasteiger charge is 2.16. The maximum absolute atomic E-state index is 5.47. The Labute approximate surface area is 179 Å². The van der Waals surface area contributed by atoms with Gasteiger partial charge in [-0.25, -0.2) is 9.98 Å². The summed E-state index contributed by atoms with van der Waals surface area (Å²) in [5, 5.41) is 7.78. The minimum Gasteiger partial charge on any atom is -0.377 e. The molecule has 0 radical (unpaired) electrons. The van der Waals surface area contributed by atoms with Gasteiger partial charge in [-0.3, -0.25) is 0 Å². The molecule has 6 nitrogen and oxygen atoms in total. The molecule has 0 aliphatic carbocycles. The number of ether oxygens (including phenoxy) is 1. The topological polar surface area (TPSA) is 61.8 Å². The van der Waals surface area contributed by atoms with E-state index >= 15 is 0 Å². The first-order chi connectivity index (χ1) is 12.4. The van der Waals surface area contributed by atoms with E-state index in [0.717, 1.165) is 34.8 Å². The number of pyridine rings is 1. The SMILES string of the molecule is CCNC(=NCc1cc(N(C)C)nc2ccccc12)NCC(C)(C)OC.I. The van der Waals surface area contributed by atoms with Crippen molar-refractivity contribution in [1.82, 2.24) is 15.6 Å². The summed E-state index contributed by atoms with van der Waals surface area (Å²) in [7, 11) is 5.73. The van der Waals surface area contributed by atoms with Crippen molar-refractivity contribution in [1.29, 1.82) is 0 Å². The highest BCUT2D eigenvalue weighted by Crippen LogP contribution is 2.22. The minimum atomic E-state index is -0.252. The quantitative estimate of drug-likeness (QED) is 0.358. The average molecular weight is 485 g/mol. The molecule has 1 aromatic carbocycles. The molecule has 0 aliphatic heterocycles. The van der Waals surface area contributed by atoms with E-state index in [1.807, 2.05) is 51.0 Å². The lowest BCUT2D eigenvalue weighted by Crippen LogP contribution is -2.45. The van der Waals surface area contributed by atoms with Crippen molar-refractivity contribution in [3.8, 4) is 0 Å². The standard InChI is InChI=1S/C20H31N5O.HI/c1-7-21-19(23-14-20(2,3)26-6)22-13-15-12-18(25(4)5)24-17-11-9-8-10-16(15)17;/h8-12H,7,13-14H2,1-6H3,(H2,21,22,23);1H. The Morgan fingerprint density at radius 1 is 1.22 bits per heavy atom. The van der Waals surface area contributed by atoms with Crippen LogP contribution in [0.5, 0.6) is 0 Å². The van der Waals surface area contributed by atoms with Gasteiger partial charge in [0, 0.05) is 39.7 Å². The molecular formula is C20H32IN5O. The van der Waals surface area contributed by atoms with Crippen molar-refractivity contribution >= 4 is 46.7 Å². The van der Waals surface area contributed by atoms with Crippen LogP contribution < -0.4 is 15.5 Å². The molecule has 2 rings (SSSR count). The lowest BCUT2D eigenvalue weighted by atomic mass is 10.1. The van der Waals surface area contributed by atoms with Crippen molar-refractivity contribution in [2.45, 2.75) is 32.9 Å². The van der Waals surface area contributed by atoms with E-state index in [0.29, 0.717) is 13.1 Å². The Kier molecular flexibility index (Phi) is 9.25. The molecule has 2 N–H and O–H groups in total. The molecule has 7 heteroatoms. The maximum atomic E-state index is 5.47. The predicted octanol–water partition coefficient (Wildman–Crippen LogP) is 3.40. The third kappa shape index (κ3) is 6.80. The summed E-state index contributed by atoms with van der Waals surface area (Å²) in [5.74, 6) is 1.72. The Bertz CT molecular complexity index is 761. The molecule has 2 aromatic rings. The summed E-state index contributed by atoms with van der Waals surface area (Å²) in [6, 6.07) is 10.3. The summed E-state index contributed by atoms with van der Waals surface area (Å²) in [4.78, 5) is 11.5. The molecule has 0 bridgehead atoms. The van der Waals surface area contributed by atoms with Gasteiger partial charge >= 0.3 is 0 Å². The third-order valence-electron chi connectivity index (χ3n) is 4.23. The van der Waals surface area contributed by atoms with Crippen LogP contribution >= 0.6 is 24.0 Å². The van der Waals surface area contributed by atoms with Gasteiger partial charge in [-0.15, -0.1) is 24.0 Å². The van der Waals surface area contributed by atoms with E-state index in [9.17, 15) is 0 Å².